The van der Waals surface area contributed by atoms with Gasteiger partial charge in [0, 0.05) is 26.2 Å². The Labute approximate surface area is 170 Å². The van der Waals surface area contributed by atoms with Gasteiger partial charge in [-0.05, 0) is 41.8 Å². The Hall–Kier alpha value is -2.49. The molecule has 1 amide bonds. The van der Waals surface area contributed by atoms with E-state index in [1.54, 1.807) is 31.4 Å². The van der Waals surface area contributed by atoms with E-state index < -0.39 is 10.2 Å². The van der Waals surface area contributed by atoms with Gasteiger partial charge in [-0.25, -0.2) is 4.39 Å². The summed E-state index contributed by atoms with van der Waals surface area (Å²) in [4.78, 5) is 12.3. The van der Waals surface area contributed by atoms with Crippen LogP contribution in [-0.4, -0.2) is 49.7 Å². The predicted octanol–water partition coefficient (Wildman–Crippen LogP) is 1.90. The van der Waals surface area contributed by atoms with Crippen molar-refractivity contribution in [2.75, 3.05) is 26.7 Å². The molecule has 0 aliphatic carbocycles. The monoisotopic (exact) mass is 421 g/mol. The zero-order chi connectivity index (χ0) is 20.9. The Balaban J connectivity index is 1.57. The van der Waals surface area contributed by atoms with Gasteiger partial charge in [0.2, 0.25) is 5.91 Å². The lowest BCUT2D eigenvalue weighted by Gasteiger charge is -2.34. The van der Waals surface area contributed by atoms with Crippen LogP contribution in [0.15, 0.2) is 48.5 Å². The number of benzene rings is 2. The highest BCUT2D eigenvalue weighted by Crippen LogP contribution is 2.19. The Bertz CT molecular complexity index is 933. The second-order valence-electron chi connectivity index (χ2n) is 6.78. The van der Waals surface area contributed by atoms with Crippen molar-refractivity contribution in [3.63, 3.8) is 0 Å². The van der Waals surface area contributed by atoms with Gasteiger partial charge in [-0.3, -0.25) is 4.79 Å². The largest absolute Gasteiger partial charge is 0.497 e. The van der Waals surface area contributed by atoms with E-state index in [1.165, 1.54) is 20.7 Å². The Kier molecular flexibility index (Phi) is 6.83. The third-order valence-electron chi connectivity index (χ3n) is 4.71. The summed E-state index contributed by atoms with van der Waals surface area (Å²) >= 11 is 0. The molecule has 1 aliphatic heterocycles. The summed E-state index contributed by atoms with van der Waals surface area (Å²) in [7, 11) is -2.19. The van der Waals surface area contributed by atoms with Gasteiger partial charge >= 0.3 is 0 Å². The van der Waals surface area contributed by atoms with Gasteiger partial charge in [0.25, 0.3) is 10.2 Å². The van der Waals surface area contributed by atoms with E-state index in [2.05, 4.69) is 5.32 Å². The van der Waals surface area contributed by atoms with Gasteiger partial charge in [0.1, 0.15) is 11.6 Å². The fourth-order valence-corrected chi connectivity index (χ4v) is 4.73. The number of rotatable bonds is 7. The molecule has 1 aliphatic rings. The number of ether oxygens (including phenoxy) is 1. The van der Waals surface area contributed by atoms with Crippen molar-refractivity contribution in [3.05, 3.63) is 65.5 Å². The van der Waals surface area contributed by atoms with Crippen molar-refractivity contribution >= 4 is 16.1 Å². The van der Waals surface area contributed by atoms with Crippen LogP contribution in [0.1, 0.15) is 17.5 Å². The average molecular weight is 421 g/mol. The third kappa shape index (κ3) is 5.53. The van der Waals surface area contributed by atoms with Crippen molar-refractivity contribution in [1.82, 2.24) is 13.9 Å². The van der Waals surface area contributed by atoms with Gasteiger partial charge < -0.3 is 10.1 Å². The number of halogens is 1. The lowest BCUT2D eigenvalue weighted by Crippen LogP contribution is -2.52. The Morgan fingerprint density at radius 2 is 1.66 bits per heavy atom. The highest BCUT2D eigenvalue weighted by molar-refractivity contribution is 7.86. The third-order valence-corrected chi connectivity index (χ3v) is 6.64. The second-order valence-corrected chi connectivity index (χ2v) is 8.71. The number of nitrogens with one attached hydrogen (secondary N) is 1. The first kappa shape index (κ1) is 21.2. The van der Waals surface area contributed by atoms with E-state index in [0.29, 0.717) is 25.1 Å². The smallest absolute Gasteiger partial charge is 0.282 e. The van der Waals surface area contributed by atoms with Crippen LogP contribution in [0, 0.1) is 5.82 Å². The maximum atomic E-state index is 13.1. The normalized spacial score (nSPS) is 17.0. The zero-order valence-corrected chi connectivity index (χ0v) is 17.0. The van der Waals surface area contributed by atoms with Crippen LogP contribution in [0.2, 0.25) is 0 Å². The van der Waals surface area contributed by atoms with Crippen molar-refractivity contribution in [2.45, 2.75) is 19.5 Å². The molecule has 0 radical (unpaired) electrons. The van der Waals surface area contributed by atoms with Crippen molar-refractivity contribution in [3.8, 4) is 5.75 Å². The Morgan fingerprint density at radius 3 is 2.31 bits per heavy atom. The summed E-state index contributed by atoms with van der Waals surface area (Å²) in [6.07, 6.45) is 0.617. The van der Waals surface area contributed by atoms with Crippen LogP contribution in [-0.2, 0) is 28.1 Å². The molecule has 9 heteroatoms. The zero-order valence-electron chi connectivity index (χ0n) is 16.2. The summed E-state index contributed by atoms with van der Waals surface area (Å²) in [5.41, 5.74) is 1.58. The molecule has 1 heterocycles. The molecule has 1 saturated heterocycles. The molecule has 29 heavy (non-hydrogen) atoms. The van der Waals surface area contributed by atoms with E-state index in [0.717, 1.165) is 11.3 Å². The molecule has 1 N–H and O–H groups in total. The molecule has 0 atom stereocenters. The number of hydrogen-bond acceptors (Lipinski definition) is 4. The van der Waals surface area contributed by atoms with Crippen LogP contribution < -0.4 is 10.1 Å². The van der Waals surface area contributed by atoms with Crippen molar-refractivity contribution in [2.24, 2.45) is 0 Å². The fourth-order valence-electron chi connectivity index (χ4n) is 3.09. The highest BCUT2D eigenvalue weighted by Gasteiger charge is 2.34. The van der Waals surface area contributed by atoms with Crippen LogP contribution >= 0.6 is 0 Å². The molecule has 7 nitrogen and oxygen atoms in total. The minimum Gasteiger partial charge on any atom is -0.497 e. The minimum absolute atomic E-state index is 0.145. The molecule has 0 bridgehead atoms. The van der Waals surface area contributed by atoms with Gasteiger partial charge in [0.15, 0.2) is 0 Å². The highest BCUT2D eigenvalue weighted by atomic mass is 32.2. The summed E-state index contributed by atoms with van der Waals surface area (Å²) < 4.78 is 46.4. The maximum Gasteiger partial charge on any atom is 0.282 e. The standard InChI is InChI=1S/C20H24FN3O4S/c1-28-19-9-5-16(6-10-19)13-22-20(25)15-24-12-2-11-23(29(24,26)27)14-17-3-7-18(21)8-4-17/h3-10H,2,11-15H2,1H3,(H,22,25). The molecule has 2 aromatic carbocycles. The molecule has 0 spiro atoms. The first-order valence-electron chi connectivity index (χ1n) is 9.28. The molecule has 3 rings (SSSR count). The average Bonchev–Trinajstić information content (AvgIpc) is 2.71. The molecule has 0 aromatic heterocycles. The van der Waals surface area contributed by atoms with Crippen molar-refractivity contribution < 1.29 is 22.3 Å². The lowest BCUT2D eigenvalue weighted by atomic mass is 10.2. The molecule has 0 saturated carbocycles. The summed E-state index contributed by atoms with van der Waals surface area (Å²) in [6.45, 7) is 0.864. The second kappa shape index (κ2) is 9.34. The quantitative estimate of drug-likeness (QED) is 0.741. The first-order chi connectivity index (χ1) is 13.9. The van der Waals surface area contributed by atoms with Gasteiger partial charge in [-0.2, -0.15) is 17.0 Å². The van der Waals surface area contributed by atoms with E-state index in [9.17, 15) is 17.6 Å². The Morgan fingerprint density at radius 1 is 1.03 bits per heavy atom. The van der Waals surface area contributed by atoms with Crippen molar-refractivity contribution in [1.29, 1.82) is 0 Å². The number of nitrogens with zero attached hydrogens (tertiary/aromatic N) is 2. The molecule has 2 aromatic rings. The summed E-state index contributed by atoms with van der Waals surface area (Å²) in [6, 6.07) is 13.0. The lowest BCUT2D eigenvalue weighted by molar-refractivity contribution is -0.121. The fraction of sp³-hybridized carbons (Fsp3) is 0.350. The number of hydrogen-bond donors (Lipinski definition) is 1. The molecule has 1 fully saturated rings. The number of carbonyl (C=O) groups is 1. The van der Waals surface area contributed by atoms with Crippen LogP contribution in [0.25, 0.3) is 0 Å². The molecular weight excluding hydrogens is 397 g/mol. The number of carbonyl (C=O) groups excluding carboxylic acids is 1. The van der Waals surface area contributed by atoms with Gasteiger partial charge in [-0.15, -0.1) is 0 Å². The van der Waals surface area contributed by atoms with Gasteiger partial charge in [0.05, 0.1) is 13.7 Å². The van der Waals surface area contributed by atoms with E-state index >= 15 is 0 Å². The van der Waals surface area contributed by atoms with Gasteiger partial charge in [-0.1, -0.05) is 24.3 Å². The number of methoxy groups -OCH3 is 1. The molecular formula is C20H24FN3O4S. The van der Waals surface area contributed by atoms with E-state index in [1.807, 2.05) is 12.1 Å². The maximum absolute atomic E-state index is 13.1. The van der Waals surface area contributed by atoms with E-state index in [-0.39, 0.29) is 31.4 Å². The molecule has 0 unspecified atom stereocenters. The summed E-state index contributed by atoms with van der Waals surface area (Å²) in [5, 5.41) is 2.75. The first-order valence-corrected chi connectivity index (χ1v) is 10.7. The summed E-state index contributed by atoms with van der Waals surface area (Å²) in [5.74, 6) is -0.0147. The minimum atomic E-state index is -3.76. The van der Waals surface area contributed by atoms with Crippen LogP contribution in [0.5, 0.6) is 5.75 Å². The van der Waals surface area contributed by atoms with Crippen LogP contribution in [0.3, 0.4) is 0 Å². The SMILES string of the molecule is COc1ccc(CNC(=O)CN2CCCN(Cc3ccc(F)cc3)S2(=O)=O)cc1. The molecule has 156 valence electrons. The topological polar surface area (TPSA) is 79.0 Å². The van der Waals surface area contributed by atoms with Crippen LogP contribution in [0.4, 0.5) is 4.39 Å². The number of amides is 1. The predicted molar refractivity (Wildman–Crippen MR) is 107 cm³/mol. The van der Waals surface area contributed by atoms with E-state index in [4.69, 9.17) is 4.74 Å².